The van der Waals surface area contributed by atoms with Crippen LogP contribution in [0.25, 0.3) is 11.1 Å². The van der Waals surface area contributed by atoms with Crippen LogP contribution in [0.4, 0.5) is 5.69 Å². The van der Waals surface area contributed by atoms with Gasteiger partial charge < -0.3 is 10.1 Å². The number of hydrogen-bond acceptors (Lipinski definition) is 2. The van der Waals surface area contributed by atoms with E-state index in [1.807, 2.05) is 0 Å². The van der Waals surface area contributed by atoms with Gasteiger partial charge in [-0.15, -0.1) is 0 Å². The lowest BCUT2D eigenvalue weighted by molar-refractivity contribution is 0.106. The fraction of sp³-hybridized carbons (Fsp3) is 0.333. The van der Waals surface area contributed by atoms with Gasteiger partial charge in [0.1, 0.15) is 0 Å². The van der Waals surface area contributed by atoms with E-state index in [4.69, 9.17) is 4.74 Å². The van der Waals surface area contributed by atoms with Gasteiger partial charge in [0.25, 0.3) is 0 Å². The lowest BCUT2D eigenvalue weighted by Crippen LogP contribution is -2.29. The molecule has 0 saturated carbocycles. The van der Waals surface area contributed by atoms with Crippen molar-refractivity contribution in [1.82, 2.24) is 0 Å². The normalized spacial score (nSPS) is 15.3. The first-order valence-corrected chi connectivity index (χ1v) is 7.19. The van der Waals surface area contributed by atoms with Gasteiger partial charge >= 0.3 is 0 Å². The van der Waals surface area contributed by atoms with E-state index < -0.39 is 0 Å². The molecule has 1 N–H and O–H groups in total. The van der Waals surface area contributed by atoms with Crippen LogP contribution < -0.4 is 5.32 Å². The van der Waals surface area contributed by atoms with Crippen LogP contribution in [0.2, 0.25) is 0 Å². The zero-order valence-electron chi connectivity index (χ0n) is 12.3. The summed E-state index contributed by atoms with van der Waals surface area (Å²) in [5.41, 5.74) is 6.77. The molecule has 0 radical (unpaired) electrons. The molecule has 0 aliphatic heterocycles. The van der Waals surface area contributed by atoms with E-state index in [-0.39, 0.29) is 6.10 Å². The van der Waals surface area contributed by atoms with Crippen molar-refractivity contribution >= 4 is 5.69 Å². The zero-order valence-corrected chi connectivity index (χ0v) is 12.3. The summed E-state index contributed by atoms with van der Waals surface area (Å²) in [6, 6.07) is 15.6. The Hall–Kier alpha value is -1.80. The Labute approximate surface area is 120 Å². The molecule has 2 unspecified atom stereocenters. The van der Waals surface area contributed by atoms with E-state index in [9.17, 15) is 0 Å². The van der Waals surface area contributed by atoms with E-state index >= 15 is 0 Å². The quantitative estimate of drug-likeness (QED) is 0.768. The molecule has 1 aliphatic rings. The predicted octanol–water partition coefficient (Wildman–Crippen LogP) is 4.09. The molecule has 2 nitrogen and oxygen atoms in total. The van der Waals surface area contributed by atoms with Crippen molar-refractivity contribution in [3.63, 3.8) is 0 Å². The van der Waals surface area contributed by atoms with Crippen LogP contribution >= 0.6 is 0 Å². The smallest absolute Gasteiger partial charge is 0.0741 e. The monoisotopic (exact) mass is 267 g/mol. The summed E-state index contributed by atoms with van der Waals surface area (Å²) < 4.78 is 5.36. The molecule has 2 aromatic carbocycles. The molecule has 2 heteroatoms. The van der Waals surface area contributed by atoms with Gasteiger partial charge in [0, 0.05) is 18.8 Å². The highest BCUT2D eigenvalue weighted by atomic mass is 16.5. The molecule has 0 bridgehead atoms. The second kappa shape index (κ2) is 5.29. The second-order valence-electron chi connectivity index (χ2n) is 5.58. The van der Waals surface area contributed by atoms with Gasteiger partial charge in [0.15, 0.2) is 0 Å². The minimum atomic E-state index is 0.195. The number of anilines is 1. The second-order valence-corrected chi connectivity index (χ2v) is 5.58. The molecule has 2 atom stereocenters. The van der Waals surface area contributed by atoms with Crippen molar-refractivity contribution in [2.45, 2.75) is 32.4 Å². The number of nitrogens with one attached hydrogen (secondary N) is 1. The van der Waals surface area contributed by atoms with E-state index in [0.29, 0.717) is 6.04 Å². The number of benzene rings is 2. The molecule has 104 valence electrons. The molecule has 0 aromatic heterocycles. The van der Waals surface area contributed by atoms with Crippen LogP contribution in [0.15, 0.2) is 42.5 Å². The summed E-state index contributed by atoms with van der Waals surface area (Å²) in [4.78, 5) is 0. The van der Waals surface area contributed by atoms with E-state index in [0.717, 1.165) is 6.42 Å². The number of methoxy groups -OCH3 is 1. The molecule has 1 aliphatic carbocycles. The minimum Gasteiger partial charge on any atom is -0.380 e. The van der Waals surface area contributed by atoms with E-state index in [1.165, 1.54) is 27.9 Å². The lowest BCUT2D eigenvalue weighted by Gasteiger charge is -2.21. The van der Waals surface area contributed by atoms with Crippen molar-refractivity contribution in [1.29, 1.82) is 0 Å². The van der Waals surface area contributed by atoms with Gasteiger partial charge in [-0.05, 0) is 54.7 Å². The average Bonchev–Trinajstić information content (AvgIpc) is 2.83. The molecule has 2 aromatic rings. The first-order chi connectivity index (χ1) is 9.69. The third kappa shape index (κ3) is 2.32. The van der Waals surface area contributed by atoms with E-state index in [1.54, 1.807) is 7.11 Å². The maximum Gasteiger partial charge on any atom is 0.0741 e. The van der Waals surface area contributed by atoms with Gasteiger partial charge in [-0.2, -0.15) is 0 Å². The van der Waals surface area contributed by atoms with Crippen molar-refractivity contribution in [2.24, 2.45) is 0 Å². The van der Waals surface area contributed by atoms with Crippen LogP contribution in [-0.2, 0) is 11.2 Å². The number of fused-ring (bicyclic) bond motifs is 3. The summed E-state index contributed by atoms with van der Waals surface area (Å²) in [5, 5.41) is 3.52. The number of rotatable bonds is 4. The molecule has 0 spiro atoms. The largest absolute Gasteiger partial charge is 0.380 e. The van der Waals surface area contributed by atoms with Crippen molar-refractivity contribution in [2.75, 3.05) is 12.4 Å². The maximum atomic E-state index is 5.36. The summed E-state index contributed by atoms with van der Waals surface area (Å²) >= 11 is 0. The summed E-state index contributed by atoms with van der Waals surface area (Å²) in [6.07, 6.45) is 1.23. The van der Waals surface area contributed by atoms with Gasteiger partial charge in [0.2, 0.25) is 0 Å². The van der Waals surface area contributed by atoms with Crippen LogP contribution in [-0.4, -0.2) is 19.3 Å². The van der Waals surface area contributed by atoms with Gasteiger partial charge in [-0.25, -0.2) is 0 Å². The summed E-state index contributed by atoms with van der Waals surface area (Å²) in [6.45, 7) is 4.23. The van der Waals surface area contributed by atoms with Crippen LogP contribution in [0.5, 0.6) is 0 Å². The summed E-state index contributed by atoms with van der Waals surface area (Å²) in [5.74, 6) is 0. The Morgan fingerprint density at radius 1 is 1.00 bits per heavy atom. The highest BCUT2D eigenvalue weighted by Crippen LogP contribution is 2.37. The lowest BCUT2D eigenvalue weighted by atomic mass is 10.1. The molecule has 0 fully saturated rings. The first-order valence-electron chi connectivity index (χ1n) is 7.19. The third-order valence-corrected chi connectivity index (χ3v) is 4.26. The van der Waals surface area contributed by atoms with Crippen LogP contribution in [0, 0.1) is 0 Å². The zero-order chi connectivity index (χ0) is 14.1. The molecule has 20 heavy (non-hydrogen) atoms. The van der Waals surface area contributed by atoms with Gasteiger partial charge in [-0.3, -0.25) is 0 Å². The average molecular weight is 267 g/mol. The Morgan fingerprint density at radius 3 is 2.55 bits per heavy atom. The van der Waals surface area contributed by atoms with Crippen molar-refractivity contribution < 1.29 is 4.74 Å². The highest BCUT2D eigenvalue weighted by Gasteiger charge is 2.18. The molecule has 0 saturated heterocycles. The third-order valence-electron chi connectivity index (χ3n) is 4.26. The van der Waals surface area contributed by atoms with Crippen LogP contribution in [0.3, 0.4) is 0 Å². The Bertz CT molecular complexity index is 621. The minimum absolute atomic E-state index is 0.195. The molecular weight excluding hydrogens is 246 g/mol. The standard InChI is InChI=1S/C18H21NO/c1-12(13(2)20-3)19-16-8-9-18-15(11-16)10-14-6-4-5-7-17(14)18/h4-9,11-13,19H,10H2,1-3H3. The van der Waals surface area contributed by atoms with Gasteiger partial charge in [0.05, 0.1) is 6.10 Å². The molecule has 0 heterocycles. The topological polar surface area (TPSA) is 21.3 Å². The van der Waals surface area contributed by atoms with Gasteiger partial charge in [-0.1, -0.05) is 30.3 Å². The molecule has 0 amide bonds. The summed E-state index contributed by atoms with van der Waals surface area (Å²) in [7, 11) is 1.75. The van der Waals surface area contributed by atoms with Crippen molar-refractivity contribution in [3.8, 4) is 11.1 Å². The maximum absolute atomic E-state index is 5.36. The van der Waals surface area contributed by atoms with Crippen LogP contribution in [0.1, 0.15) is 25.0 Å². The fourth-order valence-electron chi connectivity index (χ4n) is 2.82. The number of ether oxygens (including phenoxy) is 1. The first kappa shape index (κ1) is 13.2. The fourth-order valence-corrected chi connectivity index (χ4v) is 2.82. The van der Waals surface area contributed by atoms with E-state index in [2.05, 4.69) is 61.6 Å². The van der Waals surface area contributed by atoms with Crippen molar-refractivity contribution in [3.05, 3.63) is 53.6 Å². The number of hydrogen-bond donors (Lipinski definition) is 1. The SMILES string of the molecule is COC(C)C(C)Nc1ccc2c(c1)Cc1ccccc1-2. The Balaban J connectivity index is 1.84. The predicted molar refractivity (Wildman–Crippen MR) is 84.2 cm³/mol. The Morgan fingerprint density at radius 2 is 1.75 bits per heavy atom. The molecule has 3 rings (SSSR count). The highest BCUT2D eigenvalue weighted by molar-refractivity contribution is 5.78. The Kier molecular flexibility index (Phi) is 3.49. The molecular formula is C18H21NO.